The zero-order valence-electron chi connectivity index (χ0n) is 14.4. The molecule has 0 aliphatic carbocycles. The first kappa shape index (κ1) is 18.9. The van der Waals surface area contributed by atoms with E-state index in [-0.39, 0.29) is 5.91 Å². The first-order valence-corrected chi connectivity index (χ1v) is 9.90. The highest BCUT2D eigenvalue weighted by Gasteiger charge is 2.39. The molecule has 24 heavy (non-hydrogen) atoms. The van der Waals surface area contributed by atoms with Gasteiger partial charge in [-0.3, -0.25) is 4.79 Å². The number of benzene rings is 1. The van der Waals surface area contributed by atoms with E-state index >= 15 is 0 Å². The van der Waals surface area contributed by atoms with Gasteiger partial charge in [0, 0.05) is 32.7 Å². The molecule has 0 aromatic heterocycles. The van der Waals surface area contributed by atoms with E-state index in [2.05, 4.69) is 0 Å². The Kier molecular flexibility index (Phi) is 6.01. The van der Waals surface area contributed by atoms with Gasteiger partial charge in [-0.25, -0.2) is 8.42 Å². The van der Waals surface area contributed by atoms with Crippen molar-refractivity contribution in [3.05, 3.63) is 30.3 Å². The Hall–Kier alpha value is -1.44. The fourth-order valence-electron chi connectivity index (χ4n) is 3.14. The topological polar surface area (TPSA) is 83.7 Å². The van der Waals surface area contributed by atoms with Crippen LogP contribution in [-0.2, 0) is 14.8 Å². The number of carbonyl (C=O) groups excluding carboxylic acids is 1. The van der Waals surface area contributed by atoms with Crippen LogP contribution in [-0.4, -0.2) is 56.3 Å². The third-order valence-corrected chi connectivity index (χ3v) is 7.02. The molecule has 1 amide bonds. The standard InChI is InChI=1S/C17H27N3O3S/c1-3-17(4-2,14-18)16(21)19-10-12-20(13-11-19)24(22,23)15-8-6-5-7-9-15/h5-9H,3-4,10-14,18H2,1-2H3. The van der Waals surface area contributed by atoms with Gasteiger partial charge in [0.15, 0.2) is 0 Å². The predicted molar refractivity (Wildman–Crippen MR) is 93.9 cm³/mol. The van der Waals surface area contributed by atoms with Crippen LogP contribution in [0.1, 0.15) is 26.7 Å². The average Bonchev–Trinajstić information content (AvgIpc) is 2.64. The number of sulfonamides is 1. The molecule has 6 nitrogen and oxygen atoms in total. The summed E-state index contributed by atoms with van der Waals surface area (Å²) in [6.45, 7) is 5.73. The third-order valence-electron chi connectivity index (χ3n) is 5.10. The number of nitrogens with two attached hydrogens (primary N) is 1. The second-order valence-corrected chi connectivity index (χ2v) is 8.14. The van der Waals surface area contributed by atoms with Crippen molar-refractivity contribution in [2.24, 2.45) is 11.1 Å². The monoisotopic (exact) mass is 353 g/mol. The number of rotatable bonds is 6. The minimum atomic E-state index is -3.49. The number of piperazine rings is 1. The van der Waals surface area contributed by atoms with Crippen LogP contribution in [0.2, 0.25) is 0 Å². The molecule has 0 radical (unpaired) electrons. The summed E-state index contributed by atoms with van der Waals surface area (Å²) >= 11 is 0. The third kappa shape index (κ3) is 3.48. The highest BCUT2D eigenvalue weighted by molar-refractivity contribution is 7.89. The van der Waals surface area contributed by atoms with Gasteiger partial charge >= 0.3 is 0 Å². The van der Waals surface area contributed by atoms with Crippen molar-refractivity contribution in [2.75, 3.05) is 32.7 Å². The van der Waals surface area contributed by atoms with Crippen molar-refractivity contribution in [3.63, 3.8) is 0 Å². The van der Waals surface area contributed by atoms with E-state index in [1.54, 1.807) is 35.2 Å². The fraction of sp³-hybridized carbons (Fsp3) is 0.588. The molecule has 0 saturated carbocycles. The van der Waals surface area contributed by atoms with E-state index in [0.717, 1.165) is 0 Å². The van der Waals surface area contributed by atoms with E-state index in [0.29, 0.717) is 50.5 Å². The normalized spacial score (nSPS) is 17.0. The Labute approximate surface area is 144 Å². The molecule has 1 aromatic carbocycles. The summed E-state index contributed by atoms with van der Waals surface area (Å²) in [5.74, 6) is 0.0479. The van der Waals surface area contributed by atoms with Crippen molar-refractivity contribution >= 4 is 15.9 Å². The van der Waals surface area contributed by atoms with Gasteiger partial charge in [0.1, 0.15) is 0 Å². The molecule has 134 valence electrons. The van der Waals surface area contributed by atoms with Crippen LogP contribution < -0.4 is 5.73 Å². The van der Waals surface area contributed by atoms with Gasteiger partial charge in [0.25, 0.3) is 0 Å². The number of carbonyl (C=O) groups is 1. The Morgan fingerprint density at radius 2 is 1.62 bits per heavy atom. The molecule has 2 N–H and O–H groups in total. The molecular weight excluding hydrogens is 326 g/mol. The van der Waals surface area contributed by atoms with Gasteiger partial charge in [-0.15, -0.1) is 0 Å². The summed E-state index contributed by atoms with van der Waals surface area (Å²) in [6.07, 6.45) is 1.39. The molecule has 1 saturated heterocycles. The predicted octanol–water partition coefficient (Wildman–Crippen LogP) is 1.28. The lowest BCUT2D eigenvalue weighted by atomic mass is 9.81. The molecule has 0 unspecified atom stereocenters. The van der Waals surface area contributed by atoms with E-state index in [9.17, 15) is 13.2 Å². The maximum Gasteiger partial charge on any atom is 0.243 e. The highest BCUT2D eigenvalue weighted by Crippen LogP contribution is 2.28. The maximum absolute atomic E-state index is 12.8. The van der Waals surface area contributed by atoms with Crippen LogP contribution in [0.3, 0.4) is 0 Å². The van der Waals surface area contributed by atoms with E-state index in [1.165, 1.54) is 4.31 Å². The van der Waals surface area contributed by atoms with Crippen LogP contribution in [0.5, 0.6) is 0 Å². The zero-order chi connectivity index (χ0) is 17.8. The second kappa shape index (κ2) is 7.63. The number of amides is 1. The van der Waals surface area contributed by atoms with Crippen LogP contribution >= 0.6 is 0 Å². The van der Waals surface area contributed by atoms with Gasteiger partial charge in [-0.2, -0.15) is 4.31 Å². The zero-order valence-corrected chi connectivity index (χ0v) is 15.3. The number of nitrogens with zero attached hydrogens (tertiary/aromatic N) is 2. The van der Waals surface area contributed by atoms with Gasteiger partial charge in [0.05, 0.1) is 10.3 Å². The Morgan fingerprint density at radius 1 is 1.08 bits per heavy atom. The largest absolute Gasteiger partial charge is 0.340 e. The van der Waals surface area contributed by atoms with Crippen molar-refractivity contribution in [2.45, 2.75) is 31.6 Å². The van der Waals surface area contributed by atoms with Gasteiger partial charge in [0.2, 0.25) is 15.9 Å². The van der Waals surface area contributed by atoms with Crippen molar-refractivity contribution in [1.82, 2.24) is 9.21 Å². The van der Waals surface area contributed by atoms with Gasteiger partial charge < -0.3 is 10.6 Å². The van der Waals surface area contributed by atoms with Crippen LogP contribution in [0.25, 0.3) is 0 Å². The molecule has 0 bridgehead atoms. The van der Waals surface area contributed by atoms with Gasteiger partial charge in [-0.1, -0.05) is 32.0 Å². The minimum Gasteiger partial charge on any atom is -0.340 e. The number of hydrogen-bond donors (Lipinski definition) is 1. The minimum absolute atomic E-state index is 0.0479. The Bertz CT molecular complexity index is 641. The summed E-state index contributed by atoms with van der Waals surface area (Å²) in [7, 11) is -3.49. The first-order chi connectivity index (χ1) is 11.4. The maximum atomic E-state index is 12.8. The molecule has 7 heteroatoms. The average molecular weight is 353 g/mol. The van der Waals surface area contributed by atoms with Crippen molar-refractivity contribution in [1.29, 1.82) is 0 Å². The summed E-state index contributed by atoms with van der Waals surface area (Å²) in [5, 5.41) is 0. The molecule has 0 spiro atoms. The van der Waals surface area contributed by atoms with Crippen LogP contribution in [0.4, 0.5) is 0 Å². The lowest BCUT2D eigenvalue weighted by Gasteiger charge is -2.39. The van der Waals surface area contributed by atoms with Crippen molar-refractivity contribution in [3.8, 4) is 0 Å². The van der Waals surface area contributed by atoms with Gasteiger partial charge in [-0.05, 0) is 25.0 Å². The molecular formula is C17H27N3O3S. The van der Waals surface area contributed by atoms with Crippen LogP contribution in [0.15, 0.2) is 35.2 Å². The molecule has 1 heterocycles. The second-order valence-electron chi connectivity index (χ2n) is 6.20. The highest BCUT2D eigenvalue weighted by atomic mass is 32.2. The summed E-state index contributed by atoms with van der Waals surface area (Å²) in [4.78, 5) is 14.9. The lowest BCUT2D eigenvalue weighted by Crippen LogP contribution is -2.55. The molecule has 1 aromatic rings. The number of hydrogen-bond acceptors (Lipinski definition) is 4. The molecule has 1 aliphatic heterocycles. The quantitative estimate of drug-likeness (QED) is 0.835. The van der Waals surface area contributed by atoms with Crippen LogP contribution in [0, 0.1) is 5.41 Å². The first-order valence-electron chi connectivity index (χ1n) is 8.46. The SMILES string of the molecule is CCC(CC)(CN)C(=O)N1CCN(S(=O)(=O)c2ccccc2)CC1. The van der Waals surface area contributed by atoms with Crippen molar-refractivity contribution < 1.29 is 13.2 Å². The Balaban J connectivity index is 2.07. The summed E-state index contributed by atoms with van der Waals surface area (Å²) < 4.78 is 26.7. The molecule has 0 atom stereocenters. The smallest absolute Gasteiger partial charge is 0.243 e. The Morgan fingerprint density at radius 3 is 2.08 bits per heavy atom. The summed E-state index contributed by atoms with van der Waals surface area (Å²) in [6, 6.07) is 8.41. The van der Waals surface area contributed by atoms with E-state index in [4.69, 9.17) is 5.73 Å². The summed E-state index contributed by atoms with van der Waals surface area (Å²) in [5.41, 5.74) is 5.33. The van der Waals surface area contributed by atoms with E-state index in [1.807, 2.05) is 13.8 Å². The fourth-order valence-corrected chi connectivity index (χ4v) is 4.58. The molecule has 1 aliphatic rings. The lowest BCUT2D eigenvalue weighted by molar-refractivity contribution is -0.143. The molecule has 1 fully saturated rings. The molecule has 2 rings (SSSR count). The van der Waals surface area contributed by atoms with E-state index < -0.39 is 15.4 Å².